The van der Waals surface area contributed by atoms with Gasteiger partial charge in [0.05, 0.1) is 6.54 Å². The number of rotatable bonds is 11. The molecule has 0 aliphatic carbocycles. The van der Waals surface area contributed by atoms with Crippen molar-refractivity contribution >= 4 is 0 Å². The number of H-pyrrole nitrogens is 1. The molecule has 184 valence electrons. The molecule has 5 rings (SSSR count). The summed E-state index contributed by atoms with van der Waals surface area (Å²) in [6.45, 7) is 5.14. The molecule has 0 atom stereocenters. The maximum Gasteiger partial charge on any atom is 0.197 e. The number of nitrogens with zero attached hydrogens (tertiary/aromatic N) is 7. The van der Waals surface area contributed by atoms with Crippen LogP contribution in [-0.2, 0) is 19.4 Å². The van der Waals surface area contributed by atoms with Gasteiger partial charge in [0, 0.05) is 30.3 Å². The summed E-state index contributed by atoms with van der Waals surface area (Å²) in [5, 5.41) is 19.6. The number of aromatic amines is 1. The van der Waals surface area contributed by atoms with Gasteiger partial charge in [-0.05, 0) is 52.6 Å². The van der Waals surface area contributed by atoms with Crippen LogP contribution in [0.2, 0.25) is 0 Å². The van der Waals surface area contributed by atoms with Gasteiger partial charge in [0.15, 0.2) is 11.6 Å². The lowest BCUT2D eigenvalue weighted by molar-refractivity contribution is 0.612. The molecule has 5 aromatic rings. The lowest BCUT2D eigenvalue weighted by Crippen LogP contribution is -2.07. The van der Waals surface area contributed by atoms with Gasteiger partial charge in [-0.25, -0.2) is 14.8 Å². The second-order valence-electron chi connectivity index (χ2n) is 9.04. The number of nitrogens with one attached hydrogen (secondary N) is 1. The number of hydrogen-bond acceptors (Lipinski definition) is 5. The van der Waals surface area contributed by atoms with Crippen molar-refractivity contribution in [1.82, 2.24) is 40.0 Å². The van der Waals surface area contributed by atoms with Crippen LogP contribution < -0.4 is 0 Å². The van der Waals surface area contributed by atoms with E-state index in [9.17, 15) is 0 Å². The van der Waals surface area contributed by atoms with Crippen molar-refractivity contribution in [2.75, 3.05) is 0 Å². The highest BCUT2D eigenvalue weighted by Gasteiger charge is 2.17. The smallest absolute Gasteiger partial charge is 0.197 e. The molecule has 0 aliphatic rings. The van der Waals surface area contributed by atoms with Gasteiger partial charge in [-0.3, -0.25) is 0 Å². The molecule has 3 heterocycles. The third kappa shape index (κ3) is 5.12. The normalized spacial score (nSPS) is 11.3. The third-order valence-corrected chi connectivity index (χ3v) is 6.39. The molecule has 0 amide bonds. The number of hydrogen-bond donors (Lipinski definition) is 1. The summed E-state index contributed by atoms with van der Waals surface area (Å²) in [7, 11) is 0. The molecule has 0 spiro atoms. The summed E-state index contributed by atoms with van der Waals surface area (Å²) in [4.78, 5) is 4.84. The lowest BCUT2D eigenvalue weighted by atomic mass is 10.1. The monoisotopic (exact) mass is 480 g/mol. The van der Waals surface area contributed by atoms with Crippen molar-refractivity contribution in [2.45, 2.75) is 58.9 Å². The predicted molar refractivity (Wildman–Crippen MR) is 141 cm³/mol. The average molecular weight is 481 g/mol. The van der Waals surface area contributed by atoms with Gasteiger partial charge in [-0.2, -0.15) is 5.10 Å². The molecular weight excluding hydrogens is 448 g/mol. The van der Waals surface area contributed by atoms with Crippen LogP contribution in [0, 0.1) is 0 Å². The van der Waals surface area contributed by atoms with E-state index in [-0.39, 0.29) is 0 Å². The Morgan fingerprint density at radius 2 is 1.64 bits per heavy atom. The van der Waals surface area contributed by atoms with E-state index in [1.54, 1.807) is 0 Å². The summed E-state index contributed by atoms with van der Waals surface area (Å²) in [6.07, 6.45) is 8.52. The molecular formula is C28H32N8. The fraction of sp³-hybridized carbons (Fsp3) is 0.321. The number of benzene rings is 2. The zero-order valence-corrected chi connectivity index (χ0v) is 20.9. The predicted octanol–water partition coefficient (Wildman–Crippen LogP) is 5.65. The molecule has 0 aliphatic heterocycles. The molecule has 8 nitrogen and oxygen atoms in total. The molecule has 1 N–H and O–H groups in total. The topological polar surface area (TPSA) is 90.1 Å². The van der Waals surface area contributed by atoms with Gasteiger partial charge in [-0.15, -0.1) is 5.10 Å². The van der Waals surface area contributed by atoms with Gasteiger partial charge in [0.25, 0.3) is 0 Å². The summed E-state index contributed by atoms with van der Waals surface area (Å²) in [5.41, 5.74) is 5.35. The largest absolute Gasteiger partial charge is 0.313 e. The second-order valence-corrected chi connectivity index (χ2v) is 9.04. The molecule has 0 bridgehead atoms. The van der Waals surface area contributed by atoms with Crippen molar-refractivity contribution in [3.8, 4) is 28.3 Å². The number of tetrazole rings is 1. The van der Waals surface area contributed by atoms with Crippen molar-refractivity contribution in [2.24, 2.45) is 0 Å². The summed E-state index contributed by atoms with van der Waals surface area (Å²) < 4.78 is 4.21. The van der Waals surface area contributed by atoms with E-state index in [0.717, 1.165) is 79.2 Å². The summed E-state index contributed by atoms with van der Waals surface area (Å²) >= 11 is 0. The maximum absolute atomic E-state index is 4.84. The van der Waals surface area contributed by atoms with E-state index in [0.29, 0.717) is 5.82 Å². The Bertz CT molecular complexity index is 1370. The third-order valence-electron chi connectivity index (χ3n) is 6.39. The van der Waals surface area contributed by atoms with Crippen molar-refractivity contribution in [3.05, 3.63) is 84.1 Å². The Balaban J connectivity index is 1.43. The minimum absolute atomic E-state index is 0.630. The lowest BCUT2D eigenvalue weighted by Gasteiger charge is -2.11. The highest BCUT2D eigenvalue weighted by molar-refractivity contribution is 5.80. The van der Waals surface area contributed by atoms with Crippen molar-refractivity contribution < 1.29 is 0 Å². The Morgan fingerprint density at radius 3 is 2.36 bits per heavy atom. The van der Waals surface area contributed by atoms with Crippen LogP contribution in [0.1, 0.15) is 56.7 Å². The van der Waals surface area contributed by atoms with Crippen LogP contribution in [0.4, 0.5) is 0 Å². The minimum Gasteiger partial charge on any atom is -0.313 e. The van der Waals surface area contributed by atoms with Crippen LogP contribution in [0.15, 0.2) is 66.9 Å². The van der Waals surface area contributed by atoms with Crippen molar-refractivity contribution in [1.29, 1.82) is 0 Å². The van der Waals surface area contributed by atoms with Crippen LogP contribution in [-0.4, -0.2) is 40.0 Å². The van der Waals surface area contributed by atoms with E-state index in [1.807, 2.05) is 18.2 Å². The molecule has 0 saturated heterocycles. The molecule has 0 unspecified atom stereocenters. The van der Waals surface area contributed by atoms with E-state index >= 15 is 0 Å². The standard InChI is InChI=1S/C28H32N8/c1-3-5-12-25-29-26(13-6-4-2)36(32-25)20-21-14-16-23(17-15-21)35-19-18-24(22-10-8-7-9-11-22)27(35)28-30-33-34-31-28/h7-11,14-19H,3-6,12-13,20H2,1-2H3,(H,30,31,33,34). The Morgan fingerprint density at radius 1 is 0.861 bits per heavy atom. The van der Waals surface area contributed by atoms with Gasteiger partial charge < -0.3 is 4.57 Å². The van der Waals surface area contributed by atoms with E-state index in [1.165, 1.54) is 5.56 Å². The SMILES string of the molecule is CCCCc1nc(CCCC)n(Cc2ccc(-n3ccc(-c4ccccc4)c3-c3nnn[nH]3)cc2)n1. The van der Waals surface area contributed by atoms with Crippen LogP contribution >= 0.6 is 0 Å². The maximum atomic E-state index is 4.84. The zero-order chi connectivity index (χ0) is 24.7. The van der Waals surface area contributed by atoms with Gasteiger partial charge in [-0.1, -0.05) is 69.2 Å². The van der Waals surface area contributed by atoms with Gasteiger partial charge in [0.2, 0.25) is 0 Å². The average Bonchev–Trinajstić information content (AvgIpc) is 3.67. The molecule has 0 fully saturated rings. The summed E-state index contributed by atoms with van der Waals surface area (Å²) in [6, 6.07) is 21.0. The number of aryl methyl sites for hydroxylation is 2. The first-order valence-electron chi connectivity index (χ1n) is 12.8. The Labute approximate surface area is 211 Å². The fourth-order valence-electron chi connectivity index (χ4n) is 4.45. The first-order valence-corrected chi connectivity index (χ1v) is 12.8. The first-order chi connectivity index (χ1) is 17.8. The molecule has 2 aromatic carbocycles. The van der Waals surface area contributed by atoms with Gasteiger partial charge >= 0.3 is 0 Å². The highest BCUT2D eigenvalue weighted by atomic mass is 15.5. The Kier molecular flexibility index (Phi) is 7.30. The van der Waals surface area contributed by atoms with Gasteiger partial charge in [0.1, 0.15) is 11.5 Å². The Hall–Kier alpha value is -4.07. The quantitative estimate of drug-likeness (QED) is 0.264. The fourth-order valence-corrected chi connectivity index (χ4v) is 4.45. The second kappa shape index (κ2) is 11.1. The molecule has 3 aromatic heterocycles. The van der Waals surface area contributed by atoms with E-state index in [4.69, 9.17) is 10.1 Å². The number of aromatic nitrogens is 8. The molecule has 8 heteroatoms. The van der Waals surface area contributed by atoms with Crippen LogP contribution in [0.5, 0.6) is 0 Å². The van der Waals surface area contributed by atoms with Crippen LogP contribution in [0.3, 0.4) is 0 Å². The summed E-state index contributed by atoms with van der Waals surface area (Å²) in [5.74, 6) is 2.68. The number of unbranched alkanes of at least 4 members (excludes halogenated alkanes) is 2. The van der Waals surface area contributed by atoms with Crippen LogP contribution in [0.25, 0.3) is 28.3 Å². The van der Waals surface area contributed by atoms with E-state index in [2.05, 4.69) is 92.4 Å². The zero-order valence-electron chi connectivity index (χ0n) is 20.9. The molecule has 0 saturated carbocycles. The first kappa shape index (κ1) is 23.7. The highest BCUT2D eigenvalue weighted by Crippen LogP contribution is 2.33. The van der Waals surface area contributed by atoms with Crippen molar-refractivity contribution in [3.63, 3.8) is 0 Å². The molecule has 0 radical (unpaired) electrons. The minimum atomic E-state index is 0.630. The van der Waals surface area contributed by atoms with E-state index < -0.39 is 0 Å². The molecule has 36 heavy (non-hydrogen) atoms.